The molecule has 0 aliphatic rings. The summed E-state index contributed by atoms with van der Waals surface area (Å²) < 4.78 is 12.8. The van der Waals surface area contributed by atoms with Gasteiger partial charge in [-0.15, -0.1) is 0 Å². The van der Waals surface area contributed by atoms with Gasteiger partial charge in [-0.05, 0) is 61.5 Å². The van der Waals surface area contributed by atoms with Crippen LogP contribution >= 0.6 is 0 Å². The van der Waals surface area contributed by atoms with Crippen molar-refractivity contribution in [2.45, 2.75) is 13.5 Å². The molecule has 2 aromatic heterocycles. The van der Waals surface area contributed by atoms with Crippen molar-refractivity contribution >= 4 is 11.9 Å². The van der Waals surface area contributed by atoms with E-state index in [0.29, 0.717) is 28.5 Å². The monoisotopic (exact) mass is 347 g/mol. The van der Waals surface area contributed by atoms with Gasteiger partial charge in [0.15, 0.2) is 0 Å². The Labute approximate surface area is 150 Å². The van der Waals surface area contributed by atoms with E-state index in [1.54, 1.807) is 60.3 Å². The molecule has 0 atom stereocenters. The Bertz CT molecular complexity index is 988. The first-order chi connectivity index (χ1) is 12.5. The molecule has 6 heteroatoms. The summed E-state index contributed by atoms with van der Waals surface area (Å²) in [6, 6.07) is 14.2. The molecular formula is C20H17N3O3. The van der Waals surface area contributed by atoms with Crippen molar-refractivity contribution in [2.75, 3.05) is 0 Å². The minimum atomic E-state index is -0.139. The van der Waals surface area contributed by atoms with Gasteiger partial charge in [-0.3, -0.25) is 9.48 Å². The van der Waals surface area contributed by atoms with Gasteiger partial charge in [0.1, 0.15) is 29.6 Å². The summed E-state index contributed by atoms with van der Waals surface area (Å²) in [6.07, 6.45) is 3.08. The van der Waals surface area contributed by atoms with Crippen LogP contribution in [0.5, 0.6) is 5.75 Å². The number of carbonyl (C=O) groups excluding carboxylic acids is 1. The summed E-state index contributed by atoms with van der Waals surface area (Å²) in [4.78, 5) is 12.2. The fourth-order valence-corrected chi connectivity index (χ4v) is 2.43. The average Bonchev–Trinajstić information content (AvgIpc) is 3.24. The van der Waals surface area contributed by atoms with Gasteiger partial charge in [-0.25, -0.2) is 0 Å². The molecule has 0 aliphatic carbocycles. The third-order valence-corrected chi connectivity index (χ3v) is 3.70. The molecular weight excluding hydrogens is 330 g/mol. The minimum Gasteiger partial charge on any atom is -0.486 e. The summed E-state index contributed by atoms with van der Waals surface area (Å²) in [5, 5.41) is 12.9. The van der Waals surface area contributed by atoms with Gasteiger partial charge in [0.25, 0.3) is 0 Å². The van der Waals surface area contributed by atoms with Gasteiger partial charge >= 0.3 is 0 Å². The van der Waals surface area contributed by atoms with Crippen LogP contribution in [0.4, 0.5) is 0 Å². The van der Waals surface area contributed by atoms with Crippen LogP contribution in [0.2, 0.25) is 0 Å². The zero-order valence-electron chi connectivity index (χ0n) is 14.5. The number of benzene rings is 1. The second kappa shape index (κ2) is 7.53. The van der Waals surface area contributed by atoms with Crippen molar-refractivity contribution in [3.8, 4) is 11.8 Å². The first-order valence-electron chi connectivity index (χ1n) is 8.00. The van der Waals surface area contributed by atoms with Gasteiger partial charge in [0.2, 0.25) is 5.78 Å². The number of furan rings is 1. The molecule has 1 aromatic carbocycles. The molecule has 3 aromatic rings. The second-order valence-corrected chi connectivity index (χ2v) is 5.72. The van der Waals surface area contributed by atoms with Crippen LogP contribution in [0.3, 0.4) is 0 Å². The number of nitriles is 1. The van der Waals surface area contributed by atoms with E-state index < -0.39 is 0 Å². The molecule has 0 saturated carbocycles. The number of rotatable bonds is 6. The molecule has 0 aliphatic heterocycles. The molecule has 6 nitrogen and oxygen atoms in total. The summed E-state index contributed by atoms with van der Waals surface area (Å²) in [7, 11) is 1.74. The largest absolute Gasteiger partial charge is 0.486 e. The van der Waals surface area contributed by atoms with E-state index in [-0.39, 0.29) is 12.4 Å². The Kier molecular flexibility index (Phi) is 4.99. The third-order valence-electron chi connectivity index (χ3n) is 3.70. The third kappa shape index (κ3) is 4.08. The highest BCUT2D eigenvalue weighted by Gasteiger charge is 2.09. The summed E-state index contributed by atoms with van der Waals surface area (Å²) in [5.74, 6) is 1.72. The Balaban J connectivity index is 1.59. The fourth-order valence-electron chi connectivity index (χ4n) is 2.43. The van der Waals surface area contributed by atoms with Crippen molar-refractivity contribution in [3.05, 3.63) is 77.0 Å². The van der Waals surface area contributed by atoms with Crippen LogP contribution < -0.4 is 4.74 Å². The van der Waals surface area contributed by atoms with Gasteiger partial charge < -0.3 is 9.15 Å². The van der Waals surface area contributed by atoms with Gasteiger partial charge in [-0.1, -0.05) is 0 Å². The van der Waals surface area contributed by atoms with E-state index in [2.05, 4.69) is 11.2 Å². The molecule has 0 amide bonds. The Hall–Kier alpha value is -3.59. The van der Waals surface area contributed by atoms with E-state index in [0.717, 1.165) is 5.69 Å². The molecule has 26 heavy (non-hydrogen) atoms. The van der Waals surface area contributed by atoms with Gasteiger partial charge in [0, 0.05) is 7.05 Å². The molecule has 0 fully saturated rings. The predicted molar refractivity (Wildman–Crippen MR) is 95.5 cm³/mol. The first-order valence-corrected chi connectivity index (χ1v) is 8.00. The molecule has 0 saturated heterocycles. The molecule has 0 radical (unpaired) electrons. The van der Waals surface area contributed by atoms with Gasteiger partial charge in [0.05, 0.1) is 17.3 Å². The molecule has 0 bridgehead atoms. The Morgan fingerprint density at radius 1 is 1.31 bits per heavy atom. The van der Waals surface area contributed by atoms with E-state index in [9.17, 15) is 4.79 Å². The number of hydrogen-bond donors (Lipinski definition) is 0. The smallest absolute Gasteiger partial charge is 0.203 e. The zero-order valence-corrected chi connectivity index (χ0v) is 14.5. The number of aryl methyl sites for hydroxylation is 2. The Morgan fingerprint density at radius 3 is 2.73 bits per heavy atom. The summed E-state index contributed by atoms with van der Waals surface area (Å²) in [6.45, 7) is 2.10. The van der Waals surface area contributed by atoms with E-state index in [4.69, 9.17) is 14.4 Å². The minimum absolute atomic E-state index is 0.139. The lowest BCUT2D eigenvalue weighted by atomic mass is 10.2. The SMILES string of the molecule is Cc1cc(C(=O)/C=C/c2ccc(COc3ccc(C#N)cc3)o2)n(C)n1. The highest BCUT2D eigenvalue weighted by molar-refractivity contribution is 6.05. The van der Waals surface area contributed by atoms with Crippen molar-refractivity contribution < 1.29 is 13.9 Å². The maximum atomic E-state index is 12.2. The lowest BCUT2D eigenvalue weighted by Crippen LogP contribution is -2.03. The Morgan fingerprint density at radius 2 is 2.08 bits per heavy atom. The molecule has 0 N–H and O–H groups in total. The first kappa shape index (κ1) is 17.2. The average molecular weight is 347 g/mol. The quantitative estimate of drug-likeness (QED) is 0.502. The van der Waals surface area contributed by atoms with E-state index >= 15 is 0 Å². The van der Waals surface area contributed by atoms with Crippen molar-refractivity contribution in [1.82, 2.24) is 9.78 Å². The standard InChI is InChI=1S/C20H17N3O3/c1-14-11-19(23(2)22-14)20(24)10-9-17-7-8-18(26-17)13-25-16-5-3-15(12-21)4-6-16/h3-11H,13H2,1-2H3/b10-9+. The van der Waals surface area contributed by atoms with Crippen LogP contribution in [-0.2, 0) is 13.7 Å². The maximum absolute atomic E-state index is 12.2. The number of nitrogens with zero attached hydrogens (tertiary/aromatic N) is 3. The number of carbonyl (C=O) groups is 1. The highest BCUT2D eigenvalue weighted by atomic mass is 16.5. The van der Waals surface area contributed by atoms with Crippen LogP contribution in [-0.4, -0.2) is 15.6 Å². The molecule has 3 rings (SSSR count). The highest BCUT2D eigenvalue weighted by Crippen LogP contribution is 2.16. The molecule has 2 heterocycles. The fraction of sp³-hybridized carbons (Fsp3) is 0.150. The number of hydrogen-bond acceptors (Lipinski definition) is 5. The van der Waals surface area contributed by atoms with Crippen LogP contribution in [0.1, 0.15) is 33.3 Å². The maximum Gasteiger partial charge on any atom is 0.203 e. The summed E-state index contributed by atoms with van der Waals surface area (Å²) in [5.41, 5.74) is 1.90. The lowest BCUT2D eigenvalue weighted by Gasteiger charge is -2.03. The number of allylic oxidation sites excluding steroid dienone is 1. The van der Waals surface area contributed by atoms with Crippen molar-refractivity contribution in [2.24, 2.45) is 7.05 Å². The van der Waals surface area contributed by atoms with Crippen LogP contribution in [0, 0.1) is 18.3 Å². The van der Waals surface area contributed by atoms with Crippen molar-refractivity contribution in [1.29, 1.82) is 5.26 Å². The lowest BCUT2D eigenvalue weighted by molar-refractivity contribution is 0.103. The topological polar surface area (TPSA) is 81.0 Å². The summed E-state index contributed by atoms with van der Waals surface area (Å²) >= 11 is 0. The number of ketones is 1. The normalized spacial score (nSPS) is 10.8. The molecule has 130 valence electrons. The van der Waals surface area contributed by atoms with E-state index in [1.807, 2.05) is 6.92 Å². The second-order valence-electron chi connectivity index (χ2n) is 5.72. The van der Waals surface area contributed by atoms with Crippen LogP contribution in [0.15, 0.2) is 53.0 Å². The predicted octanol–water partition coefficient (Wildman–Crippen LogP) is 3.67. The van der Waals surface area contributed by atoms with Crippen molar-refractivity contribution in [3.63, 3.8) is 0 Å². The van der Waals surface area contributed by atoms with Crippen LogP contribution in [0.25, 0.3) is 6.08 Å². The molecule has 0 unspecified atom stereocenters. The number of aromatic nitrogens is 2. The number of ether oxygens (including phenoxy) is 1. The van der Waals surface area contributed by atoms with Gasteiger partial charge in [-0.2, -0.15) is 10.4 Å². The van der Waals surface area contributed by atoms with E-state index in [1.165, 1.54) is 6.08 Å². The zero-order chi connectivity index (χ0) is 18.5. The molecule has 0 spiro atoms.